The second-order valence-electron chi connectivity index (χ2n) is 11.1. The molecule has 0 aliphatic heterocycles. The van der Waals surface area contributed by atoms with Gasteiger partial charge in [-0.3, -0.25) is 9.78 Å². The van der Waals surface area contributed by atoms with Gasteiger partial charge in [0, 0.05) is 18.8 Å². The quantitative estimate of drug-likeness (QED) is 0.283. The summed E-state index contributed by atoms with van der Waals surface area (Å²) in [4.78, 5) is 17.2. The van der Waals surface area contributed by atoms with Gasteiger partial charge in [-0.1, -0.05) is 48.9 Å². The van der Waals surface area contributed by atoms with Gasteiger partial charge in [-0.15, -0.1) is 0 Å². The number of carbonyl (C=O) groups excluding carboxylic acids is 1. The van der Waals surface area contributed by atoms with Gasteiger partial charge in [0.15, 0.2) is 0 Å². The molecule has 0 saturated heterocycles. The van der Waals surface area contributed by atoms with E-state index < -0.39 is 0 Å². The number of fused-ring (bicyclic) bond motifs is 2. The molecule has 6 heteroatoms. The molecule has 2 aliphatic carbocycles. The smallest absolute Gasteiger partial charge is 0.220 e. The minimum absolute atomic E-state index is 0.0110. The van der Waals surface area contributed by atoms with Crippen LogP contribution in [0.1, 0.15) is 61.0 Å². The summed E-state index contributed by atoms with van der Waals surface area (Å²) in [5.74, 6) is 0.245. The van der Waals surface area contributed by atoms with Gasteiger partial charge in [0.1, 0.15) is 5.82 Å². The fraction of sp³-hybridized carbons (Fsp3) is 0.303. The molecule has 3 atom stereocenters. The topological polar surface area (TPSA) is 59.8 Å². The Morgan fingerprint density at radius 3 is 2.69 bits per heavy atom. The first-order valence-corrected chi connectivity index (χ1v) is 13.8. The highest BCUT2D eigenvalue weighted by atomic mass is 19.1. The predicted octanol–water partition coefficient (Wildman–Crippen LogP) is 6.64. The van der Waals surface area contributed by atoms with E-state index in [2.05, 4.69) is 40.5 Å². The summed E-state index contributed by atoms with van der Waals surface area (Å²) in [7, 11) is 0. The molecule has 1 amide bonds. The van der Waals surface area contributed by atoms with Crippen LogP contribution >= 0.6 is 0 Å². The molecule has 39 heavy (non-hydrogen) atoms. The van der Waals surface area contributed by atoms with Gasteiger partial charge in [-0.2, -0.15) is 5.10 Å². The largest absolute Gasteiger partial charge is 0.349 e. The van der Waals surface area contributed by atoms with Gasteiger partial charge >= 0.3 is 0 Å². The van der Waals surface area contributed by atoms with Crippen molar-refractivity contribution in [3.05, 3.63) is 119 Å². The van der Waals surface area contributed by atoms with E-state index >= 15 is 0 Å². The van der Waals surface area contributed by atoms with Crippen molar-refractivity contribution < 1.29 is 9.18 Å². The molecule has 0 spiro atoms. The minimum atomic E-state index is -0.249. The molecular formula is C33H33FN4O. The fourth-order valence-corrected chi connectivity index (χ4v) is 6.42. The molecule has 2 aromatic carbocycles. The van der Waals surface area contributed by atoms with Gasteiger partial charge in [-0.05, 0) is 96.5 Å². The number of pyridine rings is 1. The Morgan fingerprint density at radius 1 is 1.10 bits per heavy atom. The van der Waals surface area contributed by atoms with Crippen LogP contribution in [-0.2, 0) is 17.6 Å². The number of nitrogens with one attached hydrogen (secondary N) is 1. The Morgan fingerprint density at radius 2 is 1.92 bits per heavy atom. The molecule has 6 rings (SSSR count). The lowest BCUT2D eigenvalue weighted by molar-refractivity contribution is -0.122. The van der Waals surface area contributed by atoms with Crippen molar-refractivity contribution in [2.45, 2.75) is 51.5 Å². The number of aryl methyl sites for hydroxylation is 1. The Labute approximate surface area is 228 Å². The highest BCUT2D eigenvalue weighted by Crippen LogP contribution is 2.55. The molecule has 2 aromatic heterocycles. The number of halogens is 1. The third-order valence-electron chi connectivity index (χ3n) is 8.64. The maximum absolute atomic E-state index is 13.5. The highest BCUT2D eigenvalue weighted by Gasteiger charge is 2.46. The zero-order chi connectivity index (χ0) is 26.8. The summed E-state index contributed by atoms with van der Waals surface area (Å²) in [6, 6.07) is 20.7. The molecule has 2 aliphatic rings. The second kappa shape index (κ2) is 10.6. The molecule has 1 N–H and O–H groups in total. The molecule has 4 aromatic rings. The van der Waals surface area contributed by atoms with E-state index in [1.165, 1.54) is 23.3 Å². The van der Waals surface area contributed by atoms with Crippen LogP contribution in [0.3, 0.4) is 0 Å². The van der Waals surface area contributed by atoms with E-state index in [1.807, 2.05) is 47.4 Å². The van der Waals surface area contributed by atoms with E-state index in [9.17, 15) is 9.18 Å². The van der Waals surface area contributed by atoms with Crippen LogP contribution < -0.4 is 5.32 Å². The number of nitrogens with zero attached hydrogens (tertiary/aromatic N) is 3. The Balaban J connectivity index is 1.21. The van der Waals surface area contributed by atoms with Crippen LogP contribution in [0.15, 0.2) is 90.9 Å². The predicted molar refractivity (Wildman–Crippen MR) is 151 cm³/mol. The number of hydrogen-bond donors (Lipinski definition) is 1. The normalized spacial score (nSPS) is 20.6. The van der Waals surface area contributed by atoms with Crippen LogP contribution in [0.4, 0.5) is 4.39 Å². The maximum Gasteiger partial charge on any atom is 0.220 e. The third kappa shape index (κ3) is 5.16. The standard InChI is InChI=1S/C33H33FN4O/c1-33-20-25-22-36-38(29-14-12-28(34)13-15-29)31(25)19-27(33)11-10-26(33)18-30(24-7-3-2-4-8-24)37-32(39)16-9-23-6-5-17-35-21-23/h2-8,12-15,17,19,21-22,26,30H,9-11,16,18,20H2,1H3,(H,37,39)/t26-,30?,33-/m1/s1. The van der Waals surface area contributed by atoms with E-state index in [4.69, 9.17) is 0 Å². The molecule has 0 bridgehead atoms. The number of amides is 1. The molecule has 1 saturated carbocycles. The average Bonchev–Trinajstić information content (AvgIpc) is 3.51. The van der Waals surface area contributed by atoms with Crippen LogP contribution in [0.5, 0.6) is 0 Å². The Hall–Kier alpha value is -4.06. The average molecular weight is 521 g/mol. The zero-order valence-electron chi connectivity index (χ0n) is 22.2. The molecule has 1 fully saturated rings. The van der Waals surface area contributed by atoms with Gasteiger partial charge in [0.25, 0.3) is 0 Å². The van der Waals surface area contributed by atoms with E-state index in [0.717, 1.165) is 48.2 Å². The third-order valence-corrected chi connectivity index (χ3v) is 8.64. The summed E-state index contributed by atoms with van der Waals surface area (Å²) < 4.78 is 15.4. The van der Waals surface area contributed by atoms with Crippen LogP contribution in [0.2, 0.25) is 0 Å². The molecule has 2 heterocycles. The number of aromatic nitrogens is 3. The zero-order valence-corrected chi connectivity index (χ0v) is 22.2. The lowest BCUT2D eigenvalue weighted by atomic mass is 9.68. The molecule has 198 valence electrons. The van der Waals surface area contributed by atoms with Crippen molar-refractivity contribution in [2.24, 2.45) is 11.3 Å². The van der Waals surface area contributed by atoms with E-state index in [0.29, 0.717) is 18.8 Å². The molecular weight excluding hydrogens is 487 g/mol. The fourth-order valence-electron chi connectivity index (χ4n) is 6.42. The molecule has 1 unspecified atom stereocenters. The van der Waals surface area contributed by atoms with Crippen LogP contribution in [-0.4, -0.2) is 20.7 Å². The monoisotopic (exact) mass is 520 g/mol. The summed E-state index contributed by atoms with van der Waals surface area (Å²) in [6.07, 6.45) is 12.9. The second-order valence-corrected chi connectivity index (χ2v) is 11.1. The van der Waals surface area contributed by atoms with Crippen LogP contribution in [0.25, 0.3) is 11.8 Å². The molecule has 0 radical (unpaired) electrons. The summed E-state index contributed by atoms with van der Waals surface area (Å²) >= 11 is 0. The lowest BCUT2D eigenvalue weighted by Gasteiger charge is -2.37. The first-order valence-electron chi connectivity index (χ1n) is 13.8. The van der Waals surface area contributed by atoms with Crippen molar-refractivity contribution in [1.29, 1.82) is 0 Å². The van der Waals surface area contributed by atoms with E-state index in [1.54, 1.807) is 18.3 Å². The van der Waals surface area contributed by atoms with Gasteiger partial charge in [-0.25, -0.2) is 9.07 Å². The number of rotatable bonds is 8. The van der Waals surface area contributed by atoms with Crippen molar-refractivity contribution in [3.63, 3.8) is 0 Å². The first-order chi connectivity index (χ1) is 19.0. The first kappa shape index (κ1) is 25.2. The summed E-state index contributed by atoms with van der Waals surface area (Å²) in [5, 5.41) is 8.03. The SMILES string of the molecule is C[C@]12Cc3cnn(-c4ccc(F)cc4)c3C=C1CC[C@@H]2CC(NC(=O)CCc1cccnc1)c1ccccc1. The Kier molecular flexibility index (Phi) is 6.86. The number of benzene rings is 2. The molecule has 5 nitrogen and oxygen atoms in total. The number of carbonyl (C=O) groups is 1. The van der Waals surface area contributed by atoms with Crippen molar-refractivity contribution >= 4 is 12.0 Å². The number of allylic oxidation sites excluding steroid dienone is 1. The van der Waals surface area contributed by atoms with Gasteiger partial charge in [0.2, 0.25) is 5.91 Å². The van der Waals surface area contributed by atoms with Gasteiger partial charge < -0.3 is 5.32 Å². The van der Waals surface area contributed by atoms with Crippen LogP contribution in [0, 0.1) is 17.2 Å². The number of hydrogen-bond acceptors (Lipinski definition) is 3. The van der Waals surface area contributed by atoms with Crippen molar-refractivity contribution in [3.8, 4) is 5.69 Å². The summed E-state index contributed by atoms with van der Waals surface area (Å²) in [5.41, 5.74) is 6.85. The minimum Gasteiger partial charge on any atom is -0.349 e. The Bertz CT molecular complexity index is 1480. The lowest BCUT2D eigenvalue weighted by Crippen LogP contribution is -2.35. The highest BCUT2D eigenvalue weighted by molar-refractivity contribution is 5.76. The van der Waals surface area contributed by atoms with Crippen molar-refractivity contribution in [2.75, 3.05) is 0 Å². The van der Waals surface area contributed by atoms with Gasteiger partial charge in [0.05, 0.1) is 23.6 Å². The maximum atomic E-state index is 13.5. The van der Waals surface area contributed by atoms with Crippen molar-refractivity contribution in [1.82, 2.24) is 20.1 Å². The summed E-state index contributed by atoms with van der Waals surface area (Å²) in [6.45, 7) is 2.38. The van der Waals surface area contributed by atoms with E-state index in [-0.39, 0.29) is 23.2 Å².